The maximum Gasteiger partial charge on any atom is 0.224 e. The first-order valence-corrected chi connectivity index (χ1v) is 8.69. The lowest BCUT2D eigenvalue weighted by Crippen LogP contribution is -2.30. The molecule has 1 aromatic rings. The number of rotatable bonds is 4. The number of carbonyl (C=O) groups is 1. The fourth-order valence-corrected chi connectivity index (χ4v) is 4.67. The standard InChI is InChI=1S/C12H17NO3S2/c1-2-10-3-4-11(17-10)7-13-12(14)9-5-6-18(15,16)8-9/h3-4,9H,2,5-8H2,1H3,(H,13,14). The van der Waals surface area contributed by atoms with Gasteiger partial charge in [-0.3, -0.25) is 4.79 Å². The molecular weight excluding hydrogens is 270 g/mol. The van der Waals surface area contributed by atoms with Gasteiger partial charge >= 0.3 is 0 Å². The number of nitrogens with one attached hydrogen (secondary N) is 1. The van der Waals surface area contributed by atoms with E-state index in [2.05, 4.69) is 18.3 Å². The third-order valence-electron chi connectivity index (χ3n) is 3.11. The highest BCUT2D eigenvalue weighted by Gasteiger charge is 2.32. The van der Waals surface area contributed by atoms with Crippen molar-refractivity contribution in [1.82, 2.24) is 5.32 Å². The summed E-state index contributed by atoms with van der Waals surface area (Å²) in [6, 6.07) is 4.07. The number of thiophene rings is 1. The summed E-state index contributed by atoms with van der Waals surface area (Å²) in [5, 5.41) is 2.82. The zero-order chi connectivity index (χ0) is 13.2. The monoisotopic (exact) mass is 287 g/mol. The molecule has 1 amide bonds. The van der Waals surface area contributed by atoms with E-state index in [1.807, 2.05) is 6.07 Å². The van der Waals surface area contributed by atoms with Gasteiger partial charge in [0.15, 0.2) is 9.84 Å². The summed E-state index contributed by atoms with van der Waals surface area (Å²) < 4.78 is 22.6. The number of carbonyl (C=O) groups excluding carboxylic acids is 1. The number of sulfone groups is 1. The minimum atomic E-state index is -2.98. The molecule has 0 aliphatic carbocycles. The molecule has 2 heterocycles. The van der Waals surface area contributed by atoms with Crippen LogP contribution in [0.25, 0.3) is 0 Å². The summed E-state index contributed by atoms with van der Waals surface area (Å²) in [5.74, 6) is -0.351. The summed E-state index contributed by atoms with van der Waals surface area (Å²) >= 11 is 1.68. The number of aryl methyl sites for hydroxylation is 1. The Morgan fingerprint density at radius 2 is 2.17 bits per heavy atom. The van der Waals surface area contributed by atoms with Crippen molar-refractivity contribution in [3.63, 3.8) is 0 Å². The summed E-state index contributed by atoms with van der Waals surface area (Å²) in [5.41, 5.74) is 0. The average Bonchev–Trinajstić information content (AvgIpc) is 2.92. The highest BCUT2D eigenvalue weighted by molar-refractivity contribution is 7.91. The lowest BCUT2D eigenvalue weighted by atomic mass is 10.1. The first-order valence-electron chi connectivity index (χ1n) is 6.06. The van der Waals surface area contributed by atoms with Crippen molar-refractivity contribution < 1.29 is 13.2 Å². The Morgan fingerprint density at radius 3 is 2.72 bits per heavy atom. The summed E-state index contributed by atoms with van der Waals surface area (Å²) in [6.45, 7) is 2.59. The second kappa shape index (κ2) is 5.40. The van der Waals surface area contributed by atoms with Crippen LogP contribution >= 0.6 is 11.3 Å². The van der Waals surface area contributed by atoms with Gasteiger partial charge in [-0.1, -0.05) is 6.92 Å². The van der Waals surface area contributed by atoms with Crippen LogP contribution in [0, 0.1) is 5.92 Å². The maximum atomic E-state index is 11.8. The normalized spacial score (nSPS) is 21.9. The molecule has 1 unspecified atom stereocenters. The Morgan fingerprint density at radius 1 is 1.44 bits per heavy atom. The van der Waals surface area contributed by atoms with E-state index >= 15 is 0 Å². The average molecular weight is 287 g/mol. The van der Waals surface area contributed by atoms with Crippen LogP contribution in [-0.4, -0.2) is 25.8 Å². The van der Waals surface area contributed by atoms with Gasteiger partial charge in [-0.25, -0.2) is 8.42 Å². The molecule has 100 valence electrons. The Kier molecular flexibility index (Phi) is 4.07. The van der Waals surface area contributed by atoms with Crippen LogP contribution in [0.4, 0.5) is 0 Å². The van der Waals surface area contributed by atoms with Crippen LogP contribution in [0.1, 0.15) is 23.1 Å². The van der Waals surface area contributed by atoms with Gasteiger partial charge in [0, 0.05) is 9.75 Å². The van der Waals surface area contributed by atoms with Gasteiger partial charge in [0.05, 0.1) is 24.0 Å². The first-order chi connectivity index (χ1) is 8.50. The van der Waals surface area contributed by atoms with Crippen LogP contribution in [-0.2, 0) is 27.6 Å². The van der Waals surface area contributed by atoms with E-state index < -0.39 is 9.84 Å². The molecule has 1 aliphatic heterocycles. The first kappa shape index (κ1) is 13.5. The molecule has 2 rings (SSSR count). The molecule has 1 N–H and O–H groups in total. The molecule has 18 heavy (non-hydrogen) atoms. The van der Waals surface area contributed by atoms with E-state index in [0.717, 1.165) is 11.3 Å². The molecule has 1 saturated heterocycles. The van der Waals surface area contributed by atoms with Gasteiger partial charge in [-0.15, -0.1) is 11.3 Å². The van der Waals surface area contributed by atoms with E-state index in [0.29, 0.717) is 13.0 Å². The Balaban J connectivity index is 1.85. The van der Waals surface area contributed by atoms with Gasteiger partial charge in [-0.05, 0) is 25.0 Å². The van der Waals surface area contributed by atoms with Gasteiger partial charge in [0.25, 0.3) is 0 Å². The number of hydrogen-bond donors (Lipinski definition) is 1. The van der Waals surface area contributed by atoms with Crippen molar-refractivity contribution in [3.05, 3.63) is 21.9 Å². The second-order valence-corrected chi connectivity index (χ2v) is 8.02. The third-order valence-corrected chi connectivity index (χ3v) is 6.10. The smallest absolute Gasteiger partial charge is 0.224 e. The lowest BCUT2D eigenvalue weighted by Gasteiger charge is -2.08. The fraction of sp³-hybridized carbons (Fsp3) is 0.583. The predicted octanol–water partition coefficient (Wildman–Crippen LogP) is 1.36. The number of hydrogen-bond acceptors (Lipinski definition) is 4. The minimum Gasteiger partial charge on any atom is -0.351 e. The zero-order valence-electron chi connectivity index (χ0n) is 10.3. The van der Waals surface area contributed by atoms with Crippen LogP contribution in [0.15, 0.2) is 12.1 Å². The SMILES string of the molecule is CCc1ccc(CNC(=O)C2CCS(=O)(=O)C2)s1. The molecule has 1 aromatic heterocycles. The van der Waals surface area contributed by atoms with Crippen LogP contribution in [0.5, 0.6) is 0 Å². The molecule has 0 bridgehead atoms. The minimum absolute atomic E-state index is 0.00346. The van der Waals surface area contributed by atoms with Crippen LogP contribution in [0.2, 0.25) is 0 Å². The maximum absolute atomic E-state index is 11.8. The molecule has 6 heteroatoms. The topological polar surface area (TPSA) is 63.2 Å². The summed E-state index contributed by atoms with van der Waals surface area (Å²) in [7, 11) is -2.98. The molecule has 1 fully saturated rings. The number of amides is 1. The van der Waals surface area contributed by atoms with E-state index in [9.17, 15) is 13.2 Å². The molecule has 0 aromatic carbocycles. The van der Waals surface area contributed by atoms with E-state index in [1.54, 1.807) is 11.3 Å². The van der Waals surface area contributed by atoms with Crippen LogP contribution < -0.4 is 5.32 Å². The summed E-state index contributed by atoms with van der Waals surface area (Å²) in [4.78, 5) is 14.2. The van der Waals surface area contributed by atoms with Gasteiger partial charge < -0.3 is 5.32 Å². The van der Waals surface area contributed by atoms with E-state index in [1.165, 1.54) is 4.88 Å². The van der Waals surface area contributed by atoms with E-state index in [-0.39, 0.29) is 23.3 Å². The Hall–Kier alpha value is -0.880. The van der Waals surface area contributed by atoms with Crippen molar-refractivity contribution in [2.45, 2.75) is 26.3 Å². The lowest BCUT2D eigenvalue weighted by molar-refractivity contribution is -0.124. The fourth-order valence-electron chi connectivity index (χ4n) is 2.03. The van der Waals surface area contributed by atoms with Crippen molar-refractivity contribution in [2.75, 3.05) is 11.5 Å². The molecule has 1 aliphatic rings. The molecule has 0 radical (unpaired) electrons. The zero-order valence-corrected chi connectivity index (χ0v) is 11.9. The van der Waals surface area contributed by atoms with Crippen LogP contribution in [0.3, 0.4) is 0 Å². The van der Waals surface area contributed by atoms with Gasteiger partial charge in [-0.2, -0.15) is 0 Å². The van der Waals surface area contributed by atoms with Gasteiger partial charge in [0.1, 0.15) is 0 Å². The Labute approximate surface area is 111 Å². The highest BCUT2D eigenvalue weighted by Crippen LogP contribution is 2.20. The Bertz CT molecular complexity index is 533. The third kappa shape index (κ3) is 3.32. The largest absolute Gasteiger partial charge is 0.351 e. The molecule has 1 atom stereocenters. The van der Waals surface area contributed by atoms with Gasteiger partial charge in [0.2, 0.25) is 5.91 Å². The highest BCUT2D eigenvalue weighted by atomic mass is 32.2. The molecule has 0 saturated carbocycles. The molecule has 4 nitrogen and oxygen atoms in total. The van der Waals surface area contributed by atoms with Crippen molar-refractivity contribution in [1.29, 1.82) is 0 Å². The quantitative estimate of drug-likeness (QED) is 0.909. The van der Waals surface area contributed by atoms with Crippen molar-refractivity contribution in [3.8, 4) is 0 Å². The second-order valence-electron chi connectivity index (χ2n) is 4.54. The van der Waals surface area contributed by atoms with Crippen molar-refractivity contribution >= 4 is 27.1 Å². The summed E-state index contributed by atoms with van der Waals surface area (Å²) in [6.07, 6.45) is 1.46. The molecule has 0 spiro atoms. The van der Waals surface area contributed by atoms with E-state index in [4.69, 9.17) is 0 Å². The molecular formula is C12H17NO3S2. The van der Waals surface area contributed by atoms with Crippen molar-refractivity contribution in [2.24, 2.45) is 5.92 Å². The predicted molar refractivity (Wildman–Crippen MR) is 72.3 cm³/mol.